The Bertz CT molecular complexity index is 1030. The van der Waals surface area contributed by atoms with E-state index in [9.17, 15) is 14.4 Å². The highest BCUT2D eigenvalue weighted by Gasteiger charge is 2.59. The number of allylic oxidation sites excluding steroid dienone is 1. The summed E-state index contributed by atoms with van der Waals surface area (Å²) in [6.07, 6.45) is 13.7. The number of alkyl carbamates (subject to hydrolysis) is 1. The van der Waals surface area contributed by atoms with Crippen LogP contribution in [0.1, 0.15) is 119 Å². The zero-order chi connectivity index (χ0) is 32.1. The van der Waals surface area contributed by atoms with Gasteiger partial charge in [0.1, 0.15) is 6.10 Å². The fourth-order valence-corrected chi connectivity index (χ4v) is 9.88. The highest BCUT2D eigenvalue weighted by Crippen LogP contribution is 2.67. The molecule has 44 heavy (non-hydrogen) atoms. The average Bonchev–Trinajstić information content (AvgIpc) is 3.33. The first-order chi connectivity index (χ1) is 20.9. The highest BCUT2D eigenvalue weighted by molar-refractivity contribution is 5.87. The first-order valence-electron chi connectivity index (χ1n) is 17.7. The molecule has 4 aliphatic rings. The van der Waals surface area contributed by atoms with Gasteiger partial charge in [0.15, 0.2) is 0 Å². The third kappa shape index (κ3) is 7.41. The van der Waals surface area contributed by atoms with Crippen molar-refractivity contribution < 1.29 is 28.6 Å². The fraction of sp³-hybridized carbons (Fsp3) is 0.861. The van der Waals surface area contributed by atoms with Crippen LogP contribution < -0.4 is 5.32 Å². The van der Waals surface area contributed by atoms with Gasteiger partial charge < -0.3 is 19.5 Å². The molecule has 8 nitrogen and oxygen atoms in total. The molecule has 0 aliphatic heterocycles. The van der Waals surface area contributed by atoms with E-state index in [1.807, 2.05) is 0 Å². The molecule has 8 heteroatoms. The lowest BCUT2D eigenvalue weighted by molar-refractivity contribution is -0.0581. The van der Waals surface area contributed by atoms with E-state index in [0.29, 0.717) is 5.41 Å². The van der Waals surface area contributed by atoms with E-state index >= 15 is 0 Å². The summed E-state index contributed by atoms with van der Waals surface area (Å²) in [5.41, 5.74) is 2.16. The number of fused-ring (bicyclic) bond motifs is 5. The Labute approximate surface area is 266 Å². The summed E-state index contributed by atoms with van der Waals surface area (Å²) in [5, 5.41) is 2.70. The molecule has 0 radical (unpaired) electrons. The van der Waals surface area contributed by atoms with E-state index in [1.54, 1.807) is 13.8 Å². The smallest absolute Gasteiger partial charge is 0.419 e. The normalized spacial score (nSPS) is 33.3. The van der Waals surface area contributed by atoms with Crippen molar-refractivity contribution in [2.75, 3.05) is 26.3 Å². The van der Waals surface area contributed by atoms with Gasteiger partial charge in [-0.15, -0.1) is 0 Å². The monoisotopic (exact) mass is 616 g/mol. The lowest BCUT2D eigenvalue weighted by atomic mass is 9.47. The van der Waals surface area contributed by atoms with Crippen LogP contribution in [0.3, 0.4) is 0 Å². The number of carbonyl (C=O) groups is 3. The molecule has 0 aromatic carbocycles. The number of carbonyl (C=O) groups excluding carboxylic acids is 3. The number of rotatable bonds is 11. The zero-order valence-corrected chi connectivity index (χ0v) is 28.6. The van der Waals surface area contributed by atoms with E-state index in [0.717, 1.165) is 59.7 Å². The first kappa shape index (κ1) is 34.6. The van der Waals surface area contributed by atoms with Crippen LogP contribution in [0, 0.1) is 46.3 Å². The van der Waals surface area contributed by atoms with Gasteiger partial charge >= 0.3 is 18.3 Å². The largest absolute Gasteiger partial charge is 0.449 e. The molecule has 0 heterocycles. The number of nitrogens with zero attached hydrogens (tertiary/aromatic N) is 1. The number of nitrogens with one attached hydrogen (secondary N) is 1. The number of amides is 3. The van der Waals surface area contributed by atoms with E-state index < -0.39 is 18.3 Å². The maximum absolute atomic E-state index is 12.7. The molecule has 0 bridgehead atoms. The Hall–Kier alpha value is -2.25. The lowest BCUT2D eigenvalue weighted by Crippen LogP contribution is -2.51. The van der Waals surface area contributed by atoms with Gasteiger partial charge in [-0.2, -0.15) is 0 Å². The van der Waals surface area contributed by atoms with Crippen LogP contribution >= 0.6 is 0 Å². The SMILES string of the molecule is CCOC(=O)N(CCNC(=O)O[C@H]1CC[C@@]2(C)C(=CC[C@H]3[C@@H]4CC[C@H]([C@H](C)CCCC(C)C)[C@@]4(C)CC[C@@H]32)C1)C(=O)OCC. The highest BCUT2D eigenvalue weighted by atomic mass is 16.6. The standard InChI is InChI=1S/C36H60N2O6/c1-8-42-33(40)38(34(41)43-9-2)22-21-37-32(39)44-27-17-19-35(6)26(23-27)13-14-28-30-16-15-29(25(5)12-10-11-24(3)4)36(30,7)20-18-31(28)35/h13,24-25,27-31H,8-12,14-23H2,1-7H3,(H,37,39)/t25-,27+,28+,29-,30+,31+,35+,36-/m1/s1. The second-order valence-electron chi connectivity index (χ2n) is 15.0. The number of imide groups is 1. The minimum absolute atomic E-state index is 0.0542. The molecule has 4 aliphatic carbocycles. The summed E-state index contributed by atoms with van der Waals surface area (Å²) in [6, 6.07) is 0. The van der Waals surface area contributed by atoms with Gasteiger partial charge in [0, 0.05) is 13.0 Å². The zero-order valence-electron chi connectivity index (χ0n) is 28.6. The minimum atomic E-state index is -0.789. The molecule has 0 unspecified atom stereocenters. The summed E-state index contributed by atoms with van der Waals surface area (Å²) in [6.45, 7) is 16.0. The Morgan fingerprint density at radius 1 is 0.955 bits per heavy atom. The second-order valence-corrected chi connectivity index (χ2v) is 15.0. The van der Waals surface area contributed by atoms with Gasteiger partial charge in [0.2, 0.25) is 0 Å². The van der Waals surface area contributed by atoms with Gasteiger partial charge in [-0.1, -0.05) is 65.5 Å². The molecular weight excluding hydrogens is 556 g/mol. The van der Waals surface area contributed by atoms with Gasteiger partial charge in [-0.05, 0) is 105 Å². The van der Waals surface area contributed by atoms with Crippen molar-refractivity contribution in [3.63, 3.8) is 0 Å². The van der Waals surface area contributed by atoms with Crippen molar-refractivity contribution in [2.45, 2.75) is 125 Å². The van der Waals surface area contributed by atoms with Crippen LogP contribution in [-0.2, 0) is 14.2 Å². The van der Waals surface area contributed by atoms with Gasteiger partial charge in [0.05, 0.1) is 19.8 Å². The van der Waals surface area contributed by atoms with Crippen molar-refractivity contribution in [3.05, 3.63) is 11.6 Å². The third-order valence-electron chi connectivity index (χ3n) is 12.1. The van der Waals surface area contributed by atoms with Crippen molar-refractivity contribution in [1.82, 2.24) is 10.2 Å². The summed E-state index contributed by atoms with van der Waals surface area (Å²) < 4.78 is 15.7. The molecule has 3 amide bonds. The van der Waals surface area contributed by atoms with Crippen molar-refractivity contribution in [2.24, 2.45) is 46.3 Å². The molecule has 0 aromatic rings. The molecule has 250 valence electrons. The number of ether oxygens (including phenoxy) is 3. The van der Waals surface area contributed by atoms with Gasteiger partial charge in [-0.25, -0.2) is 19.3 Å². The Morgan fingerprint density at radius 3 is 2.32 bits per heavy atom. The quantitative estimate of drug-likeness (QED) is 0.184. The second kappa shape index (κ2) is 14.9. The summed E-state index contributed by atoms with van der Waals surface area (Å²) >= 11 is 0. The van der Waals surface area contributed by atoms with Crippen LogP contribution in [-0.4, -0.2) is 55.6 Å². The van der Waals surface area contributed by atoms with Crippen molar-refractivity contribution >= 4 is 18.3 Å². The van der Waals surface area contributed by atoms with Gasteiger partial charge in [-0.3, -0.25) is 0 Å². The first-order valence-corrected chi connectivity index (χ1v) is 17.7. The molecule has 3 fully saturated rings. The number of hydrogen-bond acceptors (Lipinski definition) is 6. The maximum Gasteiger partial charge on any atom is 0.419 e. The van der Waals surface area contributed by atoms with E-state index in [4.69, 9.17) is 14.2 Å². The lowest BCUT2D eigenvalue weighted by Gasteiger charge is -2.58. The predicted molar refractivity (Wildman–Crippen MR) is 172 cm³/mol. The van der Waals surface area contributed by atoms with Crippen LogP contribution in [0.15, 0.2) is 11.6 Å². The third-order valence-corrected chi connectivity index (χ3v) is 12.1. The molecule has 0 aromatic heterocycles. The predicted octanol–water partition coefficient (Wildman–Crippen LogP) is 8.74. The van der Waals surface area contributed by atoms with Gasteiger partial charge in [0.25, 0.3) is 0 Å². The van der Waals surface area contributed by atoms with Crippen LogP contribution in [0.2, 0.25) is 0 Å². The molecule has 0 saturated heterocycles. The van der Waals surface area contributed by atoms with E-state index in [1.165, 1.54) is 56.9 Å². The topological polar surface area (TPSA) is 94.2 Å². The summed E-state index contributed by atoms with van der Waals surface area (Å²) in [7, 11) is 0. The molecule has 3 saturated carbocycles. The average molecular weight is 617 g/mol. The minimum Gasteiger partial charge on any atom is -0.449 e. The fourth-order valence-electron chi connectivity index (χ4n) is 9.88. The van der Waals surface area contributed by atoms with Crippen molar-refractivity contribution in [3.8, 4) is 0 Å². The van der Waals surface area contributed by atoms with Crippen LogP contribution in [0.4, 0.5) is 14.4 Å². The molecule has 0 spiro atoms. The molecule has 8 atom stereocenters. The maximum atomic E-state index is 12.7. The number of hydrogen-bond donors (Lipinski definition) is 1. The Morgan fingerprint density at radius 2 is 1.66 bits per heavy atom. The Kier molecular flexibility index (Phi) is 11.7. The summed E-state index contributed by atoms with van der Waals surface area (Å²) in [4.78, 5) is 37.9. The van der Waals surface area contributed by atoms with Crippen LogP contribution in [0.25, 0.3) is 0 Å². The summed E-state index contributed by atoms with van der Waals surface area (Å²) in [5.74, 6) is 4.82. The van der Waals surface area contributed by atoms with E-state index in [-0.39, 0.29) is 37.8 Å². The van der Waals surface area contributed by atoms with E-state index in [2.05, 4.69) is 46.0 Å². The van der Waals surface area contributed by atoms with Crippen molar-refractivity contribution in [1.29, 1.82) is 0 Å². The molecule has 1 N–H and O–H groups in total. The molecule has 4 rings (SSSR count). The molecular formula is C36H60N2O6. The Balaban J connectivity index is 1.31. The van der Waals surface area contributed by atoms with Crippen LogP contribution in [0.5, 0.6) is 0 Å².